The Hall–Kier alpha value is -10.9. The Bertz CT molecular complexity index is 6260. The van der Waals surface area contributed by atoms with Crippen molar-refractivity contribution >= 4 is 101 Å². The smallest absolute Gasteiger partial charge is 0.252 e. The van der Waals surface area contributed by atoms with Crippen molar-refractivity contribution in [2.45, 2.75) is 190 Å². The fraction of sp³-hybridized carbons (Fsp3) is 0.310. The van der Waals surface area contributed by atoms with E-state index in [9.17, 15) is 13.7 Å². The van der Waals surface area contributed by atoms with E-state index in [1.165, 1.54) is 0 Å². The summed E-state index contributed by atoms with van der Waals surface area (Å²) in [7, 11) is 0. The van der Waals surface area contributed by atoms with E-state index >= 15 is 0 Å². The third-order valence-electron chi connectivity index (χ3n) is 22.3. The highest BCUT2D eigenvalue weighted by Gasteiger charge is 2.47. The standard InChI is InChI=1S/C113H121BN4/c1-107(2,3)66-73-34-30-38-80(54-73)90-58-77(70-111(13,14)15)59-91(81-39-31-35-74(55-81)67-108(4,5)6)105(90)117-100-64-84(115-96-46-26-22-42-86(96)87-43-23-27-47-97(87)115)50-52-94(100)114-95-53-51-85(116-98-48-28-24-44-88(98)89-45-25-29-49-99(89)116)65-101(95)118(103-63-79(72-113(19,20)21)62-102(117)104(103)114)106-92(82-40-32-36-75(56-82)68-109(7,8)9)60-78(71-112(16,17)18)61-93(106)83-41-33-37-76(57-83)69-110(10,11)12/h22-65H,66-72H2,1-21H3/i66D2,67D2,68D2,69D2,72D2. The van der Waals surface area contributed by atoms with E-state index in [4.69, 9.17) is 0 Å². The van der Waals surface area contributed by atoms with Gasteiger partial charge in [0.1, 0.15) is 0 Å². The summed E-state index contributed by atoms with van der Waals surface area (Å²) in [6.07, 6.45) is -8.22. The summed E-state index contributed by atoms with van der Waals surface area (Å²) in [4.78, 5) is 4.85. The summed E-state index contributed by atoms with van der Waals surface area (Å²) < 4.78 is 108. The van der Waals surface area contributed by atoms with Crippen LogP contribution in [0.3, 0.4) is 0 Å². The van der Waals surface area contributed by atoms with Crippen molar-refractivity contribution in [3.63, 3.8) is 0 Å². The number of anilines is 6. The van der Waals surface area contributed by atoms with Crippen LogP contribution in [0, 0.1) is 37.9 Å². The van der Waals surface area contributed by atoms with Gasteiger partial charge in [-0.05, 0) is 245 Å². The molecule has 0 radical (unpaired) electrons. The lowest BCUT2D eigenvalue weighted by molar-refractivity contribution is 0.410. The molecule has 596 valence electrons. The Morgan fingerprint density at radius 3 is 0.788 bits per heavy atom. The highest BCUT2D eigenvalue weighted by molar-refractivity contribution is 7.00. The van der Waals surface area contributed by atoms with Gasteiger partial charge in [0.25, 0.3) is 6.71 Å². The van der Waals surface area contributed by atoms with Gasteiger partial charge in [-0.1, -0.05) is 327 Å². The largest absolute Gasteiger partial charge is 0.310 e. The normalized spacial score (nSPS) is 15.3. The van der Waals surface area contributed by atoms with Gasteiger partial charge in [-0.15, -0.1) is 0 Å². The van der Waals surface area contributed by atoms with Crippen molar-refractivity contribution in [2.75, 3.05) is 9.80 Å². The quantitative estimate of drug-likeness (QED) is 0.0951. The topological polar surface area (TPSA) is 16.3 Å². The van der Waals surface area contributed by atoms with Crippen molar-refractivity contribution in [3.05, 3.63) is 306 Å². The van der Waals surface area contributed by atoms with Crippen LogP contribution in [0.4, 0.5) is 34.1 Å². The van der Waals surface area contributed by atoms with Gasteiger partial charge in [0.15, 0.2) is 0 Å². The van der Waals surface area contributed by atoms with Crippen LogP contribution in [0.2, 0.25) is 0 Å². The first-order valence-corrected chi connectivity index (χ1v) is 42.5. The van der Waals surface area contributed by atoms with Crippen LogP contribution in [0.1, 0.15) is 198 Å². The van der Waals surface area contributed by atoms with Crippen LogP contribution in [0.25, 0.3) is 99.5 Å². The molecule has 0 unspecified atom stereocenters. The lowest BCUT2D eigenvalue weighted by atomic mass is 9.33. The number of hydrogen-bond donors (Lipinski definition) is 0. The lowest BCUT2D eigenvalue weighted by Crippen LogP contribution is -2.61. The first-order chi connectivity index (χ1) is 59.7. The number of hydrogen-bond acceptors (Lipinski definition) is 2. The molecule has 4 heterocycles. The van der Waals surface area contributed by atoms with Crippen molar-refractivity contribution < 1.29 is 13.7 Å². The van der Waals surface area contributed by atoms with E-state index in [0.717, 1.165) is 150 Å². The van der Waals surface area contributed by atoms with Crippen LogP contribution in [-0.2, 0) is 44.7 Å². The first kappa shape index (κ1) is 68.1. The molecule has 5 heteroatoms. The second-order valence-electron chi connectivity index (χ2n) is 41.0. The van der Waals surface area contributed by atoms with Crippen molar-refractivity contribution in [1.82, 2.24) is 9.13 Å². The van der Waals surface area contributed by atoms with Gasteiger partial charge in [0.2, 0.25) is 0 Å². The number of rotatable bonds is 15. The van der Waals surface area contributed by atoms with Gasteiger partial charge in [0.05, 0.1) is 33.4 Å². The minimum atomic E-state index is -2.12. The molecule has 0 aliphatic carbocycles. The molecule has 0 atom stereocenters. The molecule has 2 aliphatic rings. The van der Waals surface area contributed by atoms with Crippen molar-refractivity contribution in [1.29, 1.82) is 0 Å². The molecule has 0 saturated carbocycles. The molecule has 0 spiro atoms. The third kappa shape index (κ3) is 16.1. The molecule has 4 nitrogen and oxygen atoms in total. The molecule has 2 aromatic heterocycles. The summed E-state index contributed by atoms with van der Waals surface area (Å²) >= 11 is 0. The second kappa shape index (κ2) is 29.6. The molecule has 0 fully saturated rings. The summed E-state index contributed by atoms with van der Waals surface area (Å²) in [5.74, 6) is 0. The average Bonchev–Trinajstić information content (AvgIpc) is 0.718. The molecule has 0 N–H and O–H groups in total. The van der Waals surface area contributed by atoms with Gasteiger partial charge in [-0.2, -0.15) is 0 Å². The molecule has 13 aromatic carbocycles. The van der Waals surface area contributed by atoms with E-state index < -0.39 is 65.7 Å². The molecular formula is C113H121BN4. The molecule has 0 amide bonds. The first-order valence-electron chi connectivity index (χ1n) is 47.5. The minimum absolute atomic E-state index is 0.263. The maximum Gasteiger partial charge on any atom is 0.252 e. The Kier molecular flexibility index (Phi) is 17.1. The third-order valence-corrected chi connectivity index (χ3v) is 22.3. The number of aromatic nitrogens is 2. The Labute approximate surface area is 719 Å². The van der Waals surface area contributed by atoms with E-state index in [2.05, 4.69) is 255 Å². The number of nitrogens with zero attached hydrogens (tertiary/aromatic N) is 4. The number of fused-ring (bicyclic) bond motifs is 10. The predicted octanol–water partition coefficient (Wildman–Crippen LogP) is 29.8. The van der Waals surface area contributed by atoms with Crippen molar-refractivity contribution in [2.24, 2.45) is 37.9 Å². The molecule has 0 bridgehead atoms. The second-order valence-corrected chi connectivity index (χ2v) is 41.0. The Morgan fingerprint density at radius 2 is 0.517 bits per heavy atom. The van der Waals surface area contributed by atoms with Crippen LogP contribution in [0.15, 0.2) is 267 Å². The van der Waals surface area contributed by atoms with Gasteiger partial charge in [-0.3, -0.25) is 0 Å². The van der Waals surface area contributed by atoms with E-state index in [1.807, 2.05) is 177 Å². The fourth-order valence-electron chi connectivity index (χ4n) is 18.6. The van der Waals surface area contributed by atoms with E-state index in [0.29, 0.717) is 52.0 Å². The Morgan fingerprint density at radius 1 is 0.246 bits per heavy atom. The van der Waals surface area contributed by atoms with Gasteiger partial charge < -0.3 is 18.9 Å². The summed E-state index contributed by atoms with van der Waals surface area (Å²) in [5.41, 5.74) is 18.7. The lowest BCUT2D eigenvalue weighted by Gasteiger charge is -2.46. The minimum Gasteiger partial charge on any atom is -0.310 e. The monoisotopic (exact) mass is 1560 g/mol. The average molecular weight is 1560 g/mol. The molecular weight excluding hydrogens is 1420 g/mol. The SMILES string of the molecule is [2H]C([2H])(c1cccc(-c2cc(CC(C)(C)C)cc(-c3cccc(C([2H])([2H])C(C)(C)C)c3)c2N2c3cc(-n4c5ccccc5c5ccccc54)ccc3B3c4ccc(-n5c6ccccc6c6ccccc65)cc4N(c4c(-c5cccc(C([2H])([2H])C(C)(C)C)c5)cc(CC(C)(C)C)cc4-c4cccc(C([2H])([2H])C(C)(C)C)c4)c4cc(C([2H])([2H])C(C)(C)C)cc2c43)c1)C(C)(C)C. The molecule has 2 aliphatic heterocycles. The van der Waals surface area contributed by atoms with E-state index in [1.54, 1.807) is 0 Å². The highest BCUT2D eigenvalue weighted by Crippen LogP contribution is 2.56. The maximum absolute atomic E-state index is 11.2. The Balaban J connectivity index is 1.13. The molecule has 17 rings (SSSR count). The number of benzene rings is 13. The van der Waals surface area contributed by atoms with Crippen LogP contribution in [-0.4, -0.2) is 15.8 Å². The summed E-state index contributed by atoms with van der Waals surface area (Å²) in [5, 5.41) is 4.37. The zero-order valence-corrected chi connectivity index (χ0v) is 73.2. The highest BCUT2D eigenvalue weighted by atomic mass is 15.2. The summed E-state index contributed by atoms with van der Waals surface area (Å²) in [6.45, 7) is 42.2. The summed E-state index contributed by atoms with van der Waals surface area (Å²) in [6, 6.07) is 93.9. The van der Waals surface area contributed by atoms with Gasteiger partial charge in [0, 0.05) is 91.6 Å². The maximum atomic E-state index is 11.2. The fourth-order valence-corrected chi connectivity index (χ4v) is 18.6. The van der Waals surface area contributed by atoms with Gasteiger partial charge >= 0.3 is 0 Å². The molecule has 118 heavy (non-hydrogen) atoms. The van der Waals surface area contributed by atoms with Gasteiger partial charge in [-0.25, -0.2) is 0 Å². The molecule has 15 aromatic rings. The van der Waals surface area contributed by atoms with Crippen LogP contribution in [0.5, 0.6) is 0 Å². The zero-order chi connectivity index (χ0) is 92.0. The predicted molar refractivity (Wildman–Crippen MR) is 513 cm³/mol. The van der Waals surface area contributed by atoms with E-state index in [-0.39, 0.29) is 10.8 Å². The molecule has 0 saturated heterocycles. The number of para-hydroxylation sites is 4. The van der Waals surface area contributed by atoms with Crippen LogP contribution < -0.4 is 26.2 Å². The van der Waals surface area contributed by atoms with Crippen LogP contribution >= 0.6 is 0 Å². The zero-order valence-electron chi connectivity index (χ0n) is 83.2. The van der Waals surface area contributed by atoms with Crippen molar-refractivity contribution in [3.8, 4) is 55.9 Å².